The Morgan fingerprint density at radius 3 is 2.53 bits per heavy atom. The minimum absolute atomic E-state index is 0.0726. The molecule has 43 heavy (non-hydrogen) atoms. The van der Waals surface area contributed by atoms with Gasteiger partial charge in [-0.05, 0) is 57.4 Å². The third kappa shape index (κ3) is 7.91. The van der Waals surface area contributed by atoms with Crippen molar-refractivity contribution in [3.63, 3.8) is 0 Å². The highest BCUT2D eigenvalue weighted by molar-refractivity contribution is 6.76. The highest BCUT2D eigenvalue weighted by Crippen LogP contribution is 2.48. The Bertz CT molecular complexity index is 1370. The monoisotopic (exact) mass is 634 g/mol. The number of carbonyl (C=O) groups excluding carboxylic acids is 3. The molecule has 1 atom stereocenters. The van der Waals surface area contributed by atoms with E-state index in [9.17, 15) is 18.8 Å². The standard InChI is InChI=1S/C30H40ClFN4O6Si/c1-29(2,3)42-28(39)35-25(19-7-8-21(31)22(32)15-19)26(37)34-24-16-23-20(17-33-24)30(9-11-40-12-10-30)27(38)36(23)18-41-13-14-43(4,5)6/h7-8,15-17,25H,9-14,18H2,1-6H3,(H,35,39)(H,33,34,37). The number of hydrogen-bond acceptors (Lipinski definition) is 7. The van der Waals surface area contributed by atoms with Crippen LogP contribution in [0.1, 0.15) is 50.8 Å². The smallest absolute Gasteiger partial charge is 0.408 e. The van der Waals surface area contributed by atoms with Crippen LogP contribution in [-0.2, 0) is 29.2 Å². The molecule has 1 aromatic heterocycles. The number of ether oxygens (including phenoxy) is 3. The zero-order chi connectivity index (χ0) is 31.6. The maximum Gasteiger partial charge on any atom is 0.408 e. The number of carbonyl (C=O) groups is 3. The fourth-order valence-electron chi connectivity index (χ4n) is 5.07. The molecule has 0 aliphatic carbocycles. The molecule has 2 aromatic rings. The molecular formula is C30H40ClFN4O6Si. The van der Waals surface area contributed by atoms with E-state index in [0.717, 1.165) is 17.7 Å². The van der Waals surface area contributed by atoms with Crippen LogP contribution in [0.25, 0.3) is 0 Å². The average Bonchev–Trinajstić information content (AvgIpc) is 3.12. The quantitative estimate of drug-likeness (QED) is 0.265. The van der Waals surface area contributed by atoms with Gasteiger partial charge in [0, 0.05) is 45.7 Å². The van der Waals surface area contributed by atoms with Crippen LogP contribution >= 0.6 is 11.6 Å². The molecule has 2 aliphatic rings. The van der Waals surface area contributed by atoms with Crippen molar-refractivity contribution in [3.8, 4) is 0 Å². The van der Waals surface area contributed by atoms with Gasteiger partial charge >= 0.3 is 6.09 Å². The zero-order valence-electron chi connectivity index (χ0n) is 25.5. The molecule has 1 spiro atoms. The number of anilines is 2. The average molecular weight is 635 g/mol. The number of hydrogen-bond donors (Lipinski definition) is 2. The molecule has 4 rings (SSSR count). The number of benzene rings is 1. The van der Waals surface area contributed by atoms with E-state index in [1.165, 1.54) is 12.1 Å². The lowest BCUT2D eigenvalue weighted by atomic mass is 9.76. The Hall–Kier alpha value is -3.06. The lowest BCUT2D eigenvalue weighted by molar-refractivity contribution is -0.127. The molecule has 3 amide bonds. The second-order valence-electron chi connectivity index (χ2n) is 13.1. The minimum Gasteiger partial charge on any atom is -0.444 e. The first-order chi connectivity index (χ1) is 20.1. The molecule has 1 aromatic carbocycles. The van der Waals surface area contributed by atoms with Gasteiger partial charge in [0.05, 0.1) is 16.1 Å². The Morgan fingerprint density at radius 1 is 1.21 bits per heavy atom. The summed E-state index contributed by atoms with van der Waals surface area (Å²) >= 11 is 5.85. The van der Waals surface area contributed by atoms with Crippen LogP contribution in [0, 0.1) is 5.82 Å². The summed E-state index contributed by atoms with van der Waals surface area (Å²) in [6.45, 7) is 13.3. The molecule has 2 N–H and O–H groups in total. The van der Waals surface area contributed by atoms with Crippen molar-refractivity contribution in [3.05, 3.63) is 52.4 Å². The van der Waals surface area contributed by atoms with Gasteiger partial charge in [0.25, 0.3) is 5.91 Å². The lowest BCUT2D eigenvalue weighted by Gasteiger charge is -2.32. The van der Waals surface area contributed by atoms with Crippen LogP contribution in [0.15, 0.2) is 30.5 Å². The lowest BCUT2D eigenvalue weighted by Crippen LogP contribution is -2.44. The van der Waals surface area contributed by atoms with E-state index in [2.05, 4.69) is 35.3 Å². The molecule has 234 valence electrons. The van der Waals surface area contributed by atoms with E-state index < -0.39 is 42.9 Å². The van der Waals surface area contributed by atoms with Crippen molar-refractivity contribution in [1.82, 2.24) is 10.3 Å². The SMILES string of the molecule is CC(C)(C)OC(=O)NC(C(=O)Nc1cc2c(cn1)C1(CCOCC1)C(=O)N2COCC[Si](C)(C)C)c1ccc(Cl)c(F)c1. The summed E-state index contributed by atoms with van der Waals surface area (Å²) in [5.74, 6) is -1.37. The van der Waals surface area contributed by atoms with Gasteiger partial charge in [-0.25, -0.2) is 14.2 Å². The summed E-state index contributed by atoms with van der Waals surface area (Å²) in [6.07, 6.45) is 1.77. The number of alkyl carbamates (subject to hydrolysis) is 1. The fraction of sp³-hybridized carbons (Fsp3) is 0.533. The van der Waals surface area contributed by atoms with Crippen molar-refractivity contribution in [1.29, 1.82) is 0 Å². The largest absolute Gasteiger partial charge is 0.444 e. The predicted octanol–water partition coefficient (Wildman–Crippen LogP) is 5.79. The number of nitrogens with one attached hydrogen (secondary N) is 2. The van der Waals surface area contributed by atoms with Crippen molar-refractivity contribution < 1.29 is 33.0 Å². The molecule has 0 saturated carbocycles. The van der Waals surface area contributed by atoms with Gasteiger partial charge < -0.3 is 24.8 Å². The number of pyridine rings is 1. The summed E-state index contributed by atoms with van der Waals surface area (Å²) in [6, 6.07) is 5.07. The molecule has 0 radical (unpaired) electrons. The summed E-state index contributed by atoms with van der Waals surface area (Å²) < 4.78 is 31.2. The fourth-order valence-corrected chi connectivity index (χ4v) is 5.94. The molecule has 0 bridgehead atoms. The van der Waals surface area contributed by atoms with E-state index in [-0.39, 0.29) is 29.0 Å². The third-order valence-corrected chi connectivity index (χ3v) is 9.37. The second-order valence-corrected chi connectivity index (χ2v) is 19.1. The minimum atomic E-state index is -1.33. The van der Waals surface area contributed by atoms with Gasteiger partial charge in [-0.15, -0.1) is 0 Å². The highest BCUT2D eigenvalue weighted by Gasteiger charge is 2.52. The second kappa shape index (κ2) is 12.9. The Morgan fingerprint density at radius 2 is 1.91 bits per heavy atom. The molecule has 3 heterocycles. The summed E-state index contributed by atoms with van der Waals surface area (Å²) in [5, 5.41) is 5.10. The van der Waals surface area contributed by atoms with Gasteiger partial charge in [0.2, 0.25) is 5.91 Å². The number of rotatable bonds is 9. The van der Waals surface area contributed by atoms with Crippen molar-refractivity contribution in [2.75, 3.05) is 36.8 Å². The Labute approximate surface area is 257 Å². The number of halogens is 2. The topological polar surface area (TPSA) is 119 Å². The van der Waals surface area contributed by atoms with Gasteiger partial charge in [-0.2, -0.15) is 0 Å². The first kappa shape index (κ1) is 32.8. The van der Waals surface area contributed by atoms with Crippen molar-refractivity contribution in [2.45, 2.75) is 76.4 Å². The van der Waals surface area contributed by atoms with E-state index >= 15 is 0 Å². The highest BCUT2D eigenvalue weighted by atomic mass is 35.5. The van der Waals surface area contributed by atoms with Crippen molar-refractivity contribution >= 4 is 49.1 Å². The van der Waals surface area contributed by atoms with Crippen LogP contribution in [0.4, 0.5) is 20.7 Å². The number of aromatic nitrogens is 1. The maximum atomic E-state index is 14.4. The van der Waals surface area contributed by atoms with Crippen LogP contribution in [0.3, 0.4) is 0 Å². The summed E-state index contributed by atoms with van der Waals surface area (Å²) in [4.78, 5) is 46.1. The first-order valence-corrected chi connectivity index (χ1v) is 18.4. The van der Waals surface area contributed by atoms with Gasteiger partial charge in [-0.1, -0.05) is 37.3 Å². The molecule has 1 fully saturated rings. The molecule has 1 saturated heterocycles. The Balaban J connectivity index is 1.61. The zero-order valence-corrected chi connectivity index (χ0v) is 27.3. The van der Waals surface area contributed by atoms with Crippen LogP contribution in [-0.4, -0.2) is 63.1 Å². The molecule has 13 heteroatoms. The normalized spacial score (nSPS) is 17.0. The molecular weight excluding hydrogens is 595 g/mol. The Kier molecular flexibility index (Phi) is 9.84. The van der Waals surface area contributed by atoms with Crippen molar-refractivity contribution in [2.24, 2.45) is 0 Å². The predicted molar refractivity (Wildman–Crippen MR) is 165 cm³/mol. The van der Waals surface area contributed by atoms with Gasteiger partial charge in [0.15, 0.2) is 0 Å². The van der Waals surface area contributed by atoms with E-state index in [1.54, 1.807) is 37.9 Å². The molecule has 2 aliphatic heterocycles. The van der Waals surface area contributed by atoms with Crippen LogP contribution in [0.2, 0.25) is 30.7 Å². The van der Waals surface area contributed by atoms with Crippen LogP contribution in [0.5, 0.6) is 0 Å². The van der Waals surface area contributed by atoms with E-state index in [1.807, 2.05) is 0 Å². The van der Waals surface area contributed by atoms with Gasteiger partial charge in [0.1, 0.15) is 30.0 Å². The summed E-state index contributed by atoms with van der Waals surface area (Å²) in [5.41, 5.74) is -0.0896. The molecule has 10 nitrogen and oxygen atoms in total. The number of nitrogens with zero attached hydrogens (tertiary/aromatic N) is 2. The number of amides is 3. The van der Waals surface area contributed by atoms with Gasteiger partial charge in [-0.3, -0.25) is 14.5 Å². The summed E-state index contributed by atoms with van der Waals surface area (Å²) in [7, 11) is -1.33. The first-order valence-electron chi connectivity index (χ1n) is 14.3. The maximum absolute atomic E-state index is 14.4. The van der Waals surface area contributed by atoms with Crippen LogP contribution < -0.4 is 15.5 Å². The molecule has 1 unspecified atom stereocenters. The number of fused-ring (bicyclic) bond motifs is 2. The van der Waals surface area contributed by atoms with E-state index in [4.69, 9.17) is 25.8 Å². The van der Waals surface area contributed by atoms with E-state index in [0.29, 0.717) is 38.3 Å². The third-order valence-electron chi connectivity index (χ3n) is 7.36.